The molecule has 2 aromatic carbocycles. The van der Waals surface area contributed by atoms with Gasteiger partial charge in [0.1, 0.15) is 23.5 Å². The van der Waals surface area contributed by atoms with E-state index in [1.165, 1.54) is 18.2 Å². The number of nitrogens with zero attached hydrogens (tertiary/aromatic N) is 2. The molecule has 6 nitrogen and oxygen atoms in total. The van der Waals surface area contributed by atoms with Gasteiger partial charge in [-0.15, -0.1) is 0 Å². The fourth-order valence-corrected chi connectivity index (χ4v) is 3.40. The first kappa shape index (κ1) is 19.9. The maximum Gasteiger partial charge on any atom is 0.200 e. The van der Waals surface area contributed by atoms with E-state index < -0.39 is 11.6 Å². The van der Waals surface area contributed by atoms with Gasteiger partial charge in [0, 0.05) is 42.1 Å². The number of rotatable bonds is 4. The van der Waals surface area contributed by atoms with Gasteiger partial charge in [-0.3, -0.25) is 14.6 Å². The van der Waals surface area contributed by atoms with E-state index in [2.05, 4.69) is 4.99 Å². The number of aliphatic imine (C=N–C) groups is 1. The van der Waals surface area contributed by atoms with E-state index >= 15 is 0 Å². The van der Waals surface area contributed by atoms with Crippen molar-refractivity contribution in [2.75, 3.05) is 31.2 Å². The van der Waals surface area contributed by atoms with E-state index in [0.717, 1.165) is 18.2 Å². The van der Waals surface area contributed by atoms with Gasteiger partial charge in [0.15, 0.2) is 11.3 Å². The lowest BCUT2D eigenvalue weighted by molar-refractivity contribution is 0.112. The SMILES string of the molecule is CC(=Nc1cc(F)cc(F)c1)c1cc(C=O)cc2c(=O)cc(N3CCOCC3)oc12. The molecule has 2 heterocycles. The Morgan fingerprint density at radius 2 is 1.77 bits per heavy atom. The van der Waals surface area contributed by atoms with Crippen LogP contribution >= 0.6 is 0 Å². The predicted molar refractivity (Wildman–Crippen MR) is 109 cm³/mol. The molecule has 0 saturated carbocycles. The lowest BCUT2D eigenvalue weighted by Gasteiger charge is -2.27. The lowest BCUT2D eigenvalue weighted by atomic mass is 10.0. The van der Waals surface area contributed by atoms with Crippen molar-refractivity contribution in [3.8, 4) is 0 Å². The van der Waals surface area contributed by atoms with E-state index in [1.807, 2.05) is 4.90 Å². The predicted octanol–water partition coefficient (Wildman–Crippen LogP) is 3.86. The third kappa shape index (κ3) is 3.99. The molecule has 1 saturated heterocycles. The molecule has 8 heteroatoms. The summed E-state index contributed by atoms with van der Waals surface area (Å²) in [6, 6.07) is 7.32. The summed E-state index contributed by atoms with van der Waals surface area (Å²) < 4.78 is 38.4. The number of ether oxygens (including phenoxy) is 1. The highest BCUT2D eigenvalue weighted by atomic mass is 19.1. The first-order chi connectivity index (χ1) is 14.4. The second kappa shape index (κ2) is 8.16. The van der Waals surface area contributed by atoms with Gasteiger partial charge in [0.05, 0.1) is 24.3 Å². The van der Waals surface area contributed by atoms with Crippen LogP contribution in [-0.2, 0) is 4.74 Å². The Morgan fingerprint density at radius 1 is 1.07 bits per heavy atom. The van der Waals surface area contributed by atoms with E-state index in [-0.39, 0.29) is 27.6 Å². The van der Waals surface area contributed by atoms with Gasteiger partial charge in [-0.05, 0) is 31.2 Å². The fraction of sp³-hybridized carbons (Fsp3) is 0.227. The Hall–Kier alpha value is -3.39. The Labute approximate surface area is 170 Å². The third-order valence-electron chi connectivity index (χ3n) is 4.83. The van der Waals surface area contributed by atoms with Crippen LogP contribution in [0.15, 0.2) is 50.6 Å². The van der Waals surface area contributed by atoms with Gasteiger partial charge in [-0.2, -0.15) is 0 Å². The van der Waals surface area contributed by atoms with Crippen molar-refractivity contribution < 1.29 is 22.7 Å². The van der Waals surface area contributed by atoms with Crippen LogP contribution in [0.1, 0.15) is 22.8 Å². The minimum absolute atomic E-state index is 0.0707. The molecule has 0 atom stereocenters. The summed E-state index contributed by atoms with van der Waals surface area (Å²) in [6.07, 6.45) is 0.618. The van der Waals surface area contributed by atoms with Crippen LogP contribution in [-0.4, -0.2) is 38.3 Å². The van der Waals surface area contributed by atoms with Crippen LogP contribution < -0.4 is 10.3 Å². The topological polar surface area (TPSA) is 72.1 Å². The van der Waals surface area contributed by atoms with E-state index in [4.69, 9.17) is 9.15 Å². The maximum absolute atomic E-state index is 13.5. The smallest absolute Gasteiger partial charge is 0.200 e. The fourth-order valence-electron chi connectivity index (χ4n) is 3.40. The average Bonchev–Trinajstić information content (AvgIpc) is 2.73. The molecule has 0 N–H and O–H groups in total. The molecule has 0 radical (unpaired) electrons. The molecule has 3 aromatic rings. The Kier molecular flexibility index (Phi) is 5.41. The molecule has 0 aliphatic carbocycles. The van der Waals surface area contributed by atoms with Crippen LogP contribution in [0, 0.1) is 11.6 Å². The number of aldehydes is 1. The van der Waals surface area contributed by atoms with Crippen molar-refractivity contribution >= 4 is 34.5 Å². The zero-order valence-corrected chi connectivity index (χ0v) is 16.2. The Balaban J connectivity index is 1.90. The van der Waals surface area contributed by atoms with E-state index in [1.54, 1.807) is 6.92 Å². The zero-order valence-electron chi connectivity index (χ0n) is 16.2. The molecule has 0 spiro atoms. The highest BCUT2D eigenvalue weighted by Gasteiger charge is 2.18. The van der Waals surface area contributed by atoms with Gasteiger partial charge in [-0.25, -0.2) is 8.78 Å². The maximum atomic E-state index is 13.5. The normalized spacial score (nSPS) is 14.9. The van der Waals surface area contributed by atoms with Crippen molar-refractivity contribution in [2.24, 2.45) is 4.99 Å². The summed E-state index contributed by atoms with van der Waals surface area (Å²) in [5.41, 5.74) is 1.03. The lowest BCUT2D eigenvalue weighted by Crippen LogP contribution is -2.36. The van der Waals surface area contributed by atoms with Gasteiger partial charge >= 0.3 is 0 Å². The molecular weight excluding hydrogens is 394 g/mol. The summed E-state index contributed by atoms with van der Waals surface area (Å²) in [4.78, 5) is 30.3. The number of carbonyl (C=O) groups is 1. The van der Waals surface area contributed by atoms with Crippen molar-refractivity contribution in [3.05, 3.63) is 69.4 Å². The van der Waals surface area contributed by atoms with Crippen LogP contribution in [0.25, 0.3) is 11.0 Å². The first-order valence-electron chi connectivity index (χ1n) is 9.36. The summed E-state index contributed by atoms with van der Waals surface area (Å²) in [6.45, 7) is 3.81. The Bertz CT molecular complexity index is 1190. The Morgan fingerprint density at radius 3 is 2.43 bits per heavy atom. The molecule has 4 rings (SSSR count). The molecule has 154 valence electrons. The molecule has 1 aliphatic rings. The number of carbonyl (C=O) groups excluding carboxylic acids is 1. The minimum Gasteiger partial charge on any atom is -0.440 e. The van der Waals surface area contributed by atoms with E-state index in [9.17, 15) is 18.4 Å². The van der Waals surface area contributed by atoms with Crippen LogP contribution in [0.5, 0.6) is 0 Å². The zero-order chi connectivity index (χ0) is 21.3. The summed E-state index contributed by atoms with van der Waals surface area (Å²) in [5.74, 6) is -1.12. The van der Waals surface area contributed by atoms with Crippen molar-refractivity contribution in [2.45, 2.75) is 6.92 Å². The monoisotopic (exact) mass is 412 g/mol. The molecule has 0 unspecified atom stereocenters. The highest BCUT2D eigenvalue weighted by molar-refractivity contribution is 6.10. The first-order valence-corrected chi connectivity index (χ1v) is 9.36. The second-order valence-corrected chi connectivity index (χ2v) is 6.94. The minimum atomic E-state index is -0.755. The van der Waals surface area contributed by atoms with Crippen molar-refractivity contribution in [1.82, 2.24) is 0 Å². The standard InChI is InChI=1S/C22H18F2N2O4/c1-13(25-17-9-15(23)8-16(24)10-17)18-6-14(12-27)7-19-20(28)11-21(30-22(18)19)26-2-4-29-5-3-26/h6-12H,2-5H2,1H3. The molecule has 30 heavy (non-hydrogen) atoms. The van der Waals surface area contributed by atoms with Crippen LogP contribution in [0.4, 0.5) is 20.4 Å². The second-order valence-electron chi connectivity index (χ2n) is 6.94. The number of hydrogen-bond donors (Lipinski definition) is 0. The molecule has 0 amide bonds. The number of benzene rings is 2. The van der Waals surface area contributed by atoms with Crippen LogP contribution in [0.2, 0.25) is 0 Å². The van der Waals surface area contributed by atoms with Gasteiger partial charge in [-0.1, -0.05) is 0 Å². The largest absolute Gasteiger partial charge is 0.440 e. The summed E-state index contributed by atoms with van der Waals surface area (Å²) in [7, 11) is 0. The van der Waals surface area contributed by atoms with Gasteiger partial charge < -0.3 is 14.1 Å². The highest BCUT2D eigenvalue weighted by Crippen LogP contribution is 2.26. The molecule has 0 bridgehead atoms. The number of anilines is 1. The van der Waals surface area contributed by atoms with Crippen LogP contribution in [0.3, 0.4) is 0 Å². The van der Waals surface area contributed by atoms with Crippen molar-refractivity contribution in [1.29, 1.82) is 0 Å². The summed E-state index contributed by atoms with van der Waals surface area (Å²) in [5, 5.41) is 0.228. The molecule has 1 aromatic heterocycles. The summed E-state index contributed by atoms with van der Waals surface area (Å²) >= 11 is 0. The molecule has 1 aliphatic heterocycles. The third-order valence-corrected chi connectivity index (χ3v) is 4.83. The number of halogens is 2. The van der Waals surface area contributed by atoms with Crippen molar-refractivity contribution in [3.63, 3.8) is 0 Å². The molecule has 1 fully saturated rings. The van der Waals surface area contributed by atoms with E-state index in [0.29, 0.717) is 49.7 Å². The average molecular weight is 412 g/mol. The quantitative estimate of drug-likeness (QED) is 0.481. The number of morpholine rings is 1. The number of hydrogen-bond acceptors (Lipinski definition) is 6. The number of fused-ring (bicyclic) bond motifs is 1. The van der Waals surface area contributed by atoms with Gasteiger partial charge in [0.2, 0.25) is 0 Å². The molecular formula is C22H18F2N2O4. The van der Waals surface area contributed by atoms with Gasteiger partial charge in [0.25, 0.3) is 0 Å².